The Morgan fingerprint density at radius 1 is 1.38 bits per heavy atom. The van der Waals surface area contributed by atoms with Gasteiger partial charge >= 0.3 is 5.97 Å². The fraction of sp³-hybridized carbons (Fsp3) is 0.429. The van der Waals surface area contributed by atoms with Crippen LogP contribution in [0, 0.1) is 12.8 Å². The van der Waals surface area contributed by atoms with E-state index in [4.69, 9.17) is 21.1 Å². The predicted molar refractivity (Wildman–Crippen MR) is 156 cm³/mol. The number of esters is 1. The second kappa shape index (κ2) is 13.0. The number of hydrogen-bond acceptors (Lipinski definition) is 8. The zero-order chi connectivity index (χ0) is 28.1. The Hall–Kier alpha value is -2.82. The molecule has 1 N–H and O–H groups in total. The van der Waals surface area contributed by atoms with Crippen LogP contribution >= 0.6 is 34.7 Å². The molecule has 0 spiro atoms. The number of aromatic nitrogens is 3. The molecule has 11 heteroatoms. The number of rotatable bonds is 11. The van der Waals surface area contributed by atoms with E-state index in [-0.39, 0.29) is 24.2 Å². The third-order valence-corrected chi connectivity index (χ3v) is 8.81. The lowest BCUT2D eigenvalue weighted by atomic mass is 9.88. The highest BCUT2D eigenvalue weighted by molar-refractivity contribution is 7.99. The lowest BCUT2D eigenvalue weighted by Crippen LogP contribution is -2.18. The molecule has 1 aromatic carbocycles. The van der Waals surface area contributed by atoms with Gasteiger partial charge in [0.25, 0.3) is 0 Å². The summed E-state index contributed by atoms with van der Waals surface area (Å²) in [6.07, 6.45) is 4.09. The normalized spacial score (nSPS) is 15.4. The SMILES string of the molecule is C=CCn1c(SCC(=O)Nc2sc3c(c2C(=O)OCC)CCC(C)C3)nnc1C(C)Oc1ccc(Cl)cc1C. The Labute approximate surface area is 242 Å². The van der Waals surface area contributed by atoms with Crippen LogP contribution in [0.5, 0.6) is 5.75 Å². The molecule has 208 valence electrons. The first-order chi connectivity index (χ1) is 18.7. The number of carbonyl (C=O) groups is 2. The van der Waals surface area contributed by atoms with E-state index >= 15 is 0 Å². The molecule has 2 unspecified atom stereocenters. The minimum Gasteiger partial charge on any atom is -0.482 e. The van der Waals surface area contributed by atoms with Gasteiger partial charge in [0, 0.05) is 16.4 Å². The molecule has 1 aliphatic carbocycles. The first kappa shape index (κ1) is 29.2. The van der Waals surface area contributed by atoms with Crippen molar-refractivity contribution in [2.45, 2.75) is 64.8 Å². The van der Waals surface area contributed by atoms with Crippen molar-refractivity contribution >= 4 is 51.6 Å². The number of amides is 1. The van der Waals surface area contributed by atoms with Crippen LogP contribution in [0.2, 0.25) is 5.02 Å². The number of aryl methyl sites for hydroxylation is 1. The van der Waals surface area contributed by atoms with Crippen LogP contribution in [0.15, 0.2) is 36.0 Å². The van der Waals surface area contributed by atoms with E-state index in [2.05, 4.69) is 29.0 Å². The number of carbonyl (C=O) groups excluding carboxylic acids is 2. The third-order valence-electron chi connectivity index (χ3n) is 6.44. The summed E-state index contributed by atoms with van der Waals surface area (Å²) < 4.78 is 13.3. The molecule has 0 fully saturated rings. The molecular weight excluding hydrogens is 556 g/mol. The van der Waals surface area contributed by atoms with Crippen LogP contribution in [0.3, 0.4) is 0 Å². The van der Waals surface area contributed by atoms with Crippen molar-refractivity contribution in [3.05, 3.63) is 63.3 Å². The molecular formula is C28H33ClN4O4S2. The smallest absolute Gasteiger partial charge is 0.341 e. The van der Waals surface area contributed by atoms with E-state index in [1.807, 2.05) is 30.5 Å². The fourth-order valence-electron chi connectivity index (χ4n) is 4.55. The van der Waals surface area contributed by atoms with Crippen LogP contribution in [-0.4, -0.2) is 39.0 Å². The number of benzene rings is 1. The first-order valence-corrected chi connectivity index (χ1v) is 15.1. The molecule has 2 atom stereocenters. The van der Waals surface area contributed by atoms with Crippen molar-refractivity contribution in [3.63, 3.8) is 0 Å². The molecule has 3 aromatic rings. The number of hydrogen-bond donors (Lipinski definition) is 1. The maximum absolute atomic E-state index is 13.0. The summed E-state index contributed by atoms with van der Waals surface area (Å²) in [5, 5.41) is 13.4. The summed E-state index contributed by atoms with van der Waals surface area (Å²) >= 11 is 8.82. The number of anilines is 1. The molecule has 2 heterocycles. The predicted octanol–water partition coefficient (Wildman–Crippen LogP) is 6.66. The maximum Gasteiger partial charge on any atom is 0.341 e. The van der Waals surface area contributed by atoms with E-state index in [9.17, 15) is 9.59 Å². The number of allylic oxidation sites excluding steroid dienone is 1. The molecule has 1 aliphatic rings. The Balaban J connectivity index is 1.47. The van der Waals surface area contributed by atoms with E-state index in [1.54, 1.807) is 19.1 Å². The van der Waals surface area contributed by atoms with Gasteiger partial charge in [-0.05, 0) is 75.3 Å². The van der Waals surface area contributed by atoms with Gasteiger partial charge < -0.3 is 14.8 Å². The van der Waals surface area contributed by atoms with Crippen molar-refractivity contribution in [3.8, 4) is 5.75 Å². The summed E-state index contributed by atoms with van der Waals surface area (Å²) in [6.45, 7) is 12.4. The van der Waals surface area contributed by atoms with Crippen molar-refractivity contribution in [2.75, 3.05) is 17.7 Å². The van der Waals surface area contributed by atoms with Crippen LogP contribution < -0.4 is 10.1 Å². The topological polar surface area (TPSA) is 95.3 Å². The number of thioether (sulfide) groups is 1. The van der Waals surface area contributed by atoms with Crippen molar-refractivity contribution in [1.29, 1.82) is 0 Å². The lowest BCUT2D eigenvalue weighted by molar-refractivity contribution is -0.113. The minimum absolute atomic E-state index is 0.0992. The van der Waals surface area contributed by atoms with Gasteiger partial charge in [-0.3, -0.25) is 9.36 Å². The largest absolute Gasteiger partial charge is 0.482 e. The van der Waals surface area contributed by atoms with Gasteiger partial charge in [-0.15, -0.1) is 28.1 Å². The number of halogens is 1. The molecule has 0 saturated carbocycles. The molecule has 2 aromatic heterocycles. The Bertz CT molecular complexity index is 1370. The van der Waals surface area contributed by atoms with Gasteiger partial charge in [-0.2, -0.15) is 0 Å². The number of fused-ring (bicyclic) bond motifs is 1. The van der Waals surface area contributed by atoms with Crippen molar-refractivity contribution in [1.82, 2.24) is 14.8 Å². The third kappa shape index (κ3) is 6.85. The quantitative estimate of drug-likeness (QED) is 0.152. The van der Waals surface area contributed by atoms with E-state index in [0.29, 0.717) is 44.8 Å². The van der Waals surface area contributed by atoms with E-state index in [1.165, 1.54) is 23.1 Å². The fourth-order valence-corrected chi connectivity index (χ4v) is 6.94. The molecule has 0 aliphatic heterocycles. The average Bonchev–Trinajstić information content (AvgIpc) is 3.45. The lowest BCUT2D eigenvalue weighted by Gasteiger charge is -2.18. The van der Waals surface area contributed by atoms with Crippen LogP contribution in [0.1, 0.15) is 65.5 Å². The molecule has 39 heavy (non-hydrogen) atoms. The van der Waals surface area contributed by atoms with Crippen molar-refractivity contribution in [2.24, 2.45) is 5.92 Å². The summed E-state index contributed by atoms with van der Waals surface area (Å²) in [5.41, 5.74) is 2.43. The zero-order valence-corrected chi connectivity index (χ0v) is 25.0. The standard InChI is InChI=1S/C28H33ClN4O4S2/c1-6-12-33-25(18(5)37-21-11-9-19(29)14-17(21)4)31-32-28(33)38-15-23(34)30-26-24(27(35)36-7-2)20-10-8-16(3)13-22(20)39-26/h6,9,11,14,16,18H,1,7-8,10,12-13,15H2,2-5H3,(H,30,34). The number of nitrogens with zero attached hydrogens (tertiary/aromatic N) is 3. The highest BCUT2D eigenvalue weighted by Crippen LogP contribution is 2.40. The zero-order valence-electron chi connectivity index (χ0n) is 22.6. The molecule has 0 saturated heterocycles. The van der Waals surface area contributed by atoms with E-state index in [0.717, 1.165) is 35.3 Å². The monoisotopic (exact) mass is 588 g/mol. The van der Waals surface area contributed by atoms with E-state index < -0.39 is 6.10 Å². The highest BCUT2D eigenvalue weighted by Gasteiger charge is 2.29. The molecule has 0 bridgehead atoms. The molecule has 8 nitrogen and oxygen atoms in total. The molecule has 1 amide bonds. The number of nitrogens with one attached hydrogen (secondary N) is 1. The van der Waals surface area contributed by atoms with Gasteiger partial charge in [0.1, 0.15) is 10.8 Å². The second-order valence-corrected chi connectivity index (χ2v) is 12.0. The summed E-state index contributed by atoms with van der Waals surface area (Å²) in [6, 6.07) is 5.45. The minimum atomic E-state index is -0.396. The second-order valence-electron chi connectivity index (χ2n) is 9.52. The summed E-state index contributed by atoms with van der Waals surface area (Å²) in [4.78, 5) is 26.9. The van der Waals surface area contributed by atoms with Crippen LogP contribution in [0.4, 0.5) is 5.00 Å². The summed E-state index contributed by atoms with van der Waals surface area (Å²) in [5.74, 6) is 1.37. The van der Waals surface area contributed by atoms with Gasteiger partial charge in [0.15, 0.2) is 17.1 Å². The number of thiophene rings is 1. The van der Waals surface area contributed by atoms with Crippen LogP contribution in [-0.2, 0) is 28.9 Å². The Morgan fingerprint density at radius 2 is 2.18 bits per heavy atom. The first-order valence-electron chi connectivity index (χ1n) is 12.9. The van der Waals surface area contributed by atoms with Crippen molar-refractivity contribution < 1.29 is 19.1 Å². The molecule has 0 radical (unpaired) electrons. The summed E-state index contributed by atoms with van der Waals surface area (Å²) in [7, 11) is 0. The van der Waals surface area contributed by atoms with Crippen LogP contribution in [0.25, 0.3) is 0 Å². The van der Waals surface area contributed by atoms with Gasteiger partial charge in [0.05, 0.1) is 17.9 Å². The highest BCUT2D eigenvalue weighted by atomic mass is 35.5. The average molecular weight is 589 g/mol. The van der Waals surface area contributed by atoms with Gasteiger partial charge in [-0.25, -0.2) is 4.79 Å². The van der Waals surface area contributed by atoms with Gasteiger partial charge in [-0.1, -0.05) is 36.4 Å². The maximum atomic E-state index is 13.0. The Morgan fingerprint density at radius 3 is 2.90 bits per heavy atom. The molecule has 4 rings (SSSR count). The van der Waals surface area contributed by atoms with Gasteiger partial charge in [0.2, 0.25) is 5.91 Å². The number of ether oxygens (including phenoxy) is 2. The Kier molecular flexibility index (Phi) is 9.74.